The summed E-state index contributed by atoms with van der Waals surface area (Å²) >= 11 is 0. The monoisotopic (exact) mass is 349 g/mol. The van der Waals surface area contributed by atoms with Crippen LogP contribution in [0.1, 0.15) is 16.1 Å². The van der Waals surface area contributed by atoms with Crippen LogP contribution in [0.4, 0.5) is 18.9 Å². The second kappa shape index (κ2) is 6.80. The van der Waals surface area contributed by atoms with E-state index in [1.165, 1.54) is 6.07 Å². The fourth-order valence-electron chi connectivity index (χ4n) is 2.26. The number of alkyl halides is 3. The molecule has 3 rings (SSSR count). The minimum atomic E-state index is -4.46. The normalized spacial score (nSPS) is 11.5. The van der Waals surface area contributed by atoms with Gasteiger partial charge in [-0.2, -0.15) is 13.2 Å². The molecule has 0 unspecified atom stereocenters. The van der Waals surface area contributed by atoms with Crippen LogP contribution in [-0.4, -0.2) is 33.0 Å². The Labute approximate surface area is 140 Å². The first-order valence-corrected chi connectivity index (χ1v) is 7.39. The molecule has 0 radical (unpaired) electrons. The number of benzene rings is 1. The lowest BCUT2D eigenvalue weighted by Gasteiger charge is -2.12. The molecule has 9 heteroatoms. The van der Waals surface area contributed by atoms with Crippen LogP contribution < -0.4 is 10.6 Å². The fraction of sp³-hybridized carbons (Fsp3) is 0.188. The van der Waals surface area contributed by atoms with E-state index >= 15 is 0 Å². The van der Waals surface area contributed by atoms with Gasteiger partial charge in [-0.15, -0.1) is 0 Å². The Morgan fingerprint density at radius 3 is 2.76 bits per heavy atom. The number of hydrogen-bond donors (Lipinski definition) is 2. The zero-order valence-electron chi connectivity index (χ0n) is 12.9. The van der Waals surface area contributed by atoms with Crippen LogP contribution in [0.3, 0.4) is 0 Å². The highest BCUT2D eigenvalue weighted by Crippen LogP contribution is 2.18. The van der Waals surface area contributed by atoms with E-state index in [1.54, 1.807) is 47.3 Å². The molecule has 2 heterocycles. The molecule has 3 aromatic rings. The predicted molar refractivity (Wildman–Crippen MR) is 85.1 cm³/mol. The number of carbonyl (C=O) groups is 1. The van der Waals surface area contributed by atoms with Crippen molar-refractivity contribution >= 4 is 17.4 Å². The Hall–Kier alpha value is -3.10. The number of halogens is 3. The topological polar surface area (TPSA) is 71.3 Å². The highest BCUT2D eigenvalue weighted by atomic mass is 19.4. The molecule has 0 aliphatic heterocycles. The maximum atomic E-state index is 12.3. The van der Waals surface area contributed by atoms with Crippen LogP contribution in [0.25, 0.3) is 5.78 Å². The van der Waals surface area contributed by atoms with Crippen molar-refractivity contribution in [3.63, 3.8) is 0 Å². The standard InChI is InChI=1S/C16H14F3N5O/c17-16(18,19)10-22-14(25)12-4-1-2-5-13(12)21-8-11-9-24-7-3-6-20-15(24)23-11/h1-7,9,21H,8,10H2,(H,22,25). The van der Waals surface area contributed by atoms with Gasteiger partial charge < -0.3 is 10.6 Å². The Bertz CT molecular complexity index is 858. The summed E-state index contributed by atoms with van der Waals surface area (Å²) in [4.78, 5) is 20.4. The smallest absolute Gasteiger partial charge is 0.379 e. The number of para-hydroxylation sites is 1. The van der Waals surface area contributed by atoms with Gasteiger partial charge in [-0.3, -0.25) is 9.20 Å². The molecule has 0 aliphatic carbocycles. The number of nitrogens with one attached hydrogen (secondary N) is 2. The van der Waals surface area contributed by atoms with E-state index in [0.717, 1.165) is 0 Å². The molecule has 1 aromatic carbocycles. The van der Waals surface area contributed by atoms with Crippen molar-refractivity contribution in [1.82, 2.24) is 19.7 Å². The highest BCUT2D eigenvalue weighted by Gasteiger charge is 2.28. The van der Waals surface area contributed by atoms with Crippen LogP contribution in [0.5, 0.6) is 0 Å². The second-order valence-electron chi connectivity index (χ2n) is 5.26. The third-order valence-electron chi connectivity index (χ3n) is 3.37. The van der Waals surface area contributed by atoms with Crippen LogP contribution in [0.2, 0.25) is 0 Å². The van der Waals surface area contributed by atoms with Crippen molar-refractivity contribution in [2.45, 2.75) is 12.7 Å². The van der Waals surface area contributed by atoms with Gasteiger partial charge in [-0.05, 0) is 18.2 Å². The van der Waals surface area contributed by atoms with E-state index in [-0.39, 0.29) is 5.56 Å². The SMILES string of the molecule is O=C(NCC(F)(F)F)c1ccccc1NCc1cn2cccnc2n1. The van der Waals surface area contributed by atoms with Crippen molar-refractivity contribution in [1.29, 1.82) is 0 Å². The number of amides is 1. The quantitative estimate of drug-likeness (QED) is 0.743. The molecule has 25 heavy (non-hydrogen) atoms. The summed E-state index contributed by atoms with van der Waals surface area (Å²) in [5.41, 5.74) is 1.24. The summed E-state index contributed by atoms with van der Waals surface area (Å²) in [6.45, 7) is -1.08. The van der Waals surface area contributed by atoms with Gasteiger partial charge in [0.15, 0.2) is 0 Å². The number of carbonyl (C=O) groups excluding carboxylic acids is 1. The second-order valence-corrected chi connectivity index (χ2v) is 5.26. The van der Waals surface area contributed by atoms with Gasteiger partial charge in [0, 0.05) is 24.3 Å². The Morgan fingerprint density at radius 2 is 2.00 bits per heavy atom. The first kappa shape index (κ1) is 16.7. The molecule has 6 nitrogen and oxygen atoms in total. The van der Waals surface area contributed by atoms with Crippen molar-refractivity contribution < 1.29 is 18.0 Å². The summed E-state index contributed by atoms with van der Waals surface area (Å²) in [6, 6.07) is 8.12. The van der Waals surface area contributed by atoms with E-state index in [9.17, 15) is 18.0 Å². The lowest BCUT2D eigenvalue weighted by atomic mass is 10.1. The molecule has 0 atom stereocenters. The van der Waals surface area contributed by atoms with Crippen molar-refractivity contribution in [2.75, 3.05) is 11.9 Å². The van der Waals surface area contributed by atoms with Crippen molar-refractivity contribution in [3.05, 3.63) is 60.2 Å². The number of hydrogen-bond acceptors (Lipinski definition) is 4. The summed E-state index contributed by atoms with van der Waals surface area (Å²) in [7, 11) is 0. The Kier molecular flexibility index (Phi) is 4.55. The minimum Gasteiger partial charge on any atom is -0.379 e. The average molecular weight is 349 g/mol. The van der Waals surface area contributed by atoms with E-state index in [2.05, 4.69) is 15.3 Å². The van der Waals surface area contributed by atoms with Crippen LogP contribution in [-0.2, 0) is 6.54 Å². The number of imidazole rings is 1. The molecule has 0 spiro atoms. The molecule has 0 bridgehead atoms. The molecule has 0 saturated heterocycles. The Balaban J connectivity index is 1.71. The van der Waals surface area contributed by atoms with Crippen molar-refractivity contribution in [3.8, 4) is 0 Å². The lowest BCUT2D eigenvalue weighted by Crippen LogP contribution is -2.34. The first-order valence-electron chi connectivity index (χ1n) is 7.39. The van der Waals surface area contributed by atoms with Crippen LogP contribution in [0.15, 0.2) is 48.9 Å². The maximum Gasteiger partial charge on any atom is 0.405 e. The highest BCUT2D eigenvalue weighted by molar-refractivity contribution is 5.99. The number of fused-ring (bicyclic) bond motifs is 1. The summed E-state index contributed by atoms with van der Waals surface area (Å²) < 4.78 is 38.5. The third-order valence-corrected chi connectivity index (χ3v) is 3.37. The lowest BCUT2D eigenvalue weighted by molar-refractivity contribution is -0.123. The van der Waals surface area contributed by atoms with E-state index in [1.807, 2.05) is 5.32 Å². The van der Waals surface area contributed by atoms with Gasteiger partial charge in [0.1, 0.15) is 6.54 Å². The zero-order chi connectivity index (χ0) is 17.9. The predicted octanol–water partition coefficient (Wildman–Crippen LogP) is 2.63. The van der Waals surface area contributed by atoms with E-state index in [4.69, 9.17) is 0 Å². The fourth-order valence-corrected chi connectivity index (χ4v) is 2.26. The molecule has 0 saturated carbocycles. The molecule has 1 amide bonds. The van der Waals surface area contributed by atoms with Crippen LogP contribution in [0, 0.1) is 0 Å². The number of anilines is 1. The van der Waals surface area contributed by atoms with Gasteiger partial charge in [0.05, 0.1) is 17.8 Å². The van der Waals surface area contributed by atoms with Gasteiger partial charge in [-0.1, -0.05) is 12.1 Å². The van der Waals surface area contributed by atoms with Crippen molar-refractivity contribution in [2.24, 2.45) is 0 Å². The van der Waals surface area contributed by atoms with Gasteiger partial charge in [0.25, 0.3) is 5.91 Å². The number of aromatic nitrogens is 3. The van der Waals surface area contributed by atoms with E-state index in [0.29, 0.717) is 23.7 Å². The molecule has 2 aromatic heterocycles. The molecule has 0 aliphatic rings. The molecule has 2 N–H and O–H groups in total. The molecule has 130 valence electrons. The summed E-state index contributed by atoms with van der Waals surface area (Å²) in [5.74, 6) is -0.257. The molecular weight excluding hydrogens is 335 g/mol. The first-order chi connectivity index (χ1) is 11.9. The summed E-state index contributed by atoms with van der Waals surface area (Å²) in [5, 5.41) is 4.89. The van der Waals surface area contributed by atoms with Gasteiger partial charge in [0.2, 0.25) is 5.78 Å². The number of nitrogens with zero attached hydrogens (tertiary/aromatic N) is 3. The average Bonchev–Trinajstić information content (AvgIpc) is 3.00. The maximum absolute atomic E-state index is 12.3. The van der Waals surface area contributed by atoms with E-state index < -0.39 is 18.6 Å². The van der Waals surface area contributed by atoms with Gasteiger partial charge >= 0.3 is 6.18 Å². The zero-order valence-corrected chi connectivity index (χ0v) is 12.9. The van der Waals surface area contributed by atoms with Gasteiger partial charge in [-0.25, -0.2) is 9.97 Å². The Morgan fingerprint density at radius 1 is 1.20 bits per heavy atom. The summed E-state index contributed by atoms with van der Waals surface area (Å²) in [6.07, 6.45) is 0.750. The number of rotatable bonds is 5. The molecule has 0 fully saturated rings. The molecular formula is C16H14F3N5O. The van der Waals surface area contributed by atoms with Crippen LogP contribution >= 0.6 is 0 Å². The minimum absolute atomic E-state index is 0.133. The largest absolute Gasteiger partial charge is 0.405 e. The third kappa shape index (κ3) is 4.25.